The van der Waals surface area contributed by atoms with Crippen molar-refractivity contribution in [3.63, 3.8) is 0 Å². The van der Waals surface area contributed by atoms with Gasteiger partial charge in [0.1, 0.15) is 5.60 Å². The van der Waals surface area contributed by atoms with E-state index in [0.29, 0.717) is 11.8 Å². The molecule has 4 rings (SSSR count). The lowest BCUT2D eigenvalue weighted by Gasteiger charge is -2.61. The number of hydrogen-bond donors (Lipinski definition) is 1. The highest BCUT2D eigenvalue weighted by atomic mass is 16.6. The second-order valence-electron chi connectivity index (χ2n) is 8.26. The summed E-state index contributed by atoms with van der Waals surface area (Å²) >= 11 is 0. The van der Waals surface area contributed by atoms with E-state index in [-0.39, 0.29) is 17.2 Å². The van der Waals surface area contributed by atoms with Crippen LogP contribution in [0.25, 0.3) is 0 Å². The van der Waals surface area contributed by atoms with Gasteiger partial charge in [-0.3, -0.25) is 0 Å². The number of rotatable bonds is 2. The molecule has 20 heavy (non-hydrogen) atoms. The molecule has 4 heteroatoms. The topological polar surface area (TPSA) is 47.6 Å². The average Bonchev–Trinajstić information content (AvgIpc) is 2.23. The van der Waals surface area contributed by atoms with Gasteiger partial charge in [-0.2, -0.15) is 0 Å². The molecule has 0 heterocycles. The van der Waals surface area contributed by atoms with Gasteiger partial charge in [-0.05, 0) is 71.1 Å². The van der Waals surface area contributed by atoms with Crippen LogP contribution in [0, 0.1) is 11.8 Å². The molecule has 0 aromatic rings. The normalized spacial score (nSPS) is 42.6. The van der Waals surface area contributed by atoms with Crippen molar-refractivity contribution in [2.24, 2.45) is 11.8 Å². The molecular formula is C16H27NO3. The molecule has 0 spiro atoms. The molecule has 0 saturated heterocycles. The minimum atomic E-state index is -0.439. The van der Waals surface area contributed by atoms with Crippen molar-refractivity contribution in [2.75, 3.05) is 7.11 Å². The Labute approximate surface area is 121 Å². The van der Waals surface area contributed by atoms with Gasteiger partial charge in [-0.1, -0.05) is 0 Å². The van der Waals surface area contributed by atoms with Crippen LogP contribution in [0.3, 0.4) is 0 Å². The van der Waals surface area contributed by atoms with Crippen LogP contribution in [0.1, 0.15) is 59.3 Å². The Morgan fingerprint density at radius 3 is 2.25 bits per heavy atom. The zero-order valence-corrected chi connectivity index (χ0v) is 13.1. The number of alkyl carbamates (subject to hydrolysis) is 1. The molecule has 2 unspecified atom stereocenters. The minimum absolute atomic E-state index is 0.000897. The first kappa shape index (κ1) is 14.2. The van der Waals surface area contributed by atoms with Crippen LogP contribution >= 0.6 is 0 Å². The summed E-state index contributed by atoms with van der Waals surface area (Å²) in [5.74, 6) is 1.40. The summed E-state index contributed by atoms with van der Waals surface area (Å²) in [5, 5.41) is 3.20. The van der Waals surface area contributed by atoms with E-state index in [1.54, 1.807) is 0 Å². The van der Waals surface area contributed by atoms with E-state index < -0.39 is 5.60 Å². The van der Waals surface area contributed by atoms with Crippen LogP contribution in [-0.2, 0) is 9.47 Å². The first-order chi connectivity index (χ1) is 9.23. The molecule has 1 N–H and O–H groups in total. The Hall–Kier alpha value is -0.770. The third-order valence-corrected chi connectivity index (χ3v) is 5.21. The predicted octanol–water partition coefficient (Wildman–Crippen LogP) is 3.25. The van der Waals surface area contributed by atoms with Crippen molar-refractivity contribution in [3.05, 3.63) is 0 Å². The fourth-order valence-electron chi connectivity index (χ4n) is 5.08. The highest BCUT2D eigenvalue weighted by Gasteiger charge is 2.58. The van der Waals surface area contributed by atoms with E-state index in [2.05, 4.69) is 5.32 Å². The Bertz CT molecular complexity index is 398. The van der Waals surface area contributed by atoms with E-state index in [0.717, 1.165) is 32.1 Å². The van der Waals surface area contributed by atoms with E-state index >= 15 is 0 Å². The number of carbonyl (C=O) groups is 1. The smallest absolute Gasteiger partial charge is 0.408 e. The second kappa shape index (κ2) is 4.36. The lowest BCUT2D eigenvalue weighted by molar-refractivity contribution is -0.159. The molecular weight excluding hydrogens is 254 g/mol. The van der Waals surface area contributed by atoms with Crippen LogP contribution in [-0.4, -0.2) is 29.9 Å². The Morgan fingerprint density at radius 1 is 1.15 bits per heavy atom. The summed E-state index contributed by atoms with van der Waals surface area (Å²) in [4.78, 5) is 12.2. The maximum absolute atomic E-state index is 12.2. The van der Waals surface area contributed by atoms with Gasteiger partial charge in [-0.15, -0.1) is 0 Å². The third kappa shape index (κ3) is 2.54. The monoisotopic (exact) mass is 281 g/mol. The molecule has 4 aliphatic carbocycles. The van der Waals surface area contributed by atoms with Gasteiger partial charge in [0.25, 0.3) is 0 Å². The lowest BCUT2D eigenvalue weighted by Crippen LogP contribution is -2.66. The van der Waals surface area contributed by atoms with Crippen LogP contribution in [0.4, 0.5) is 4.79 Å². The Kier molecular flexibility index (Phi) is 3.09. The summed E-state index contributed by atoms with van der Waals surface area (Å²) in [5.41, 5.74) is -0.535. The highest BCUT2D eigenvalue weighted by molar-refractivity contribution is 5.69. The summed E-state index contributed by atoms with van der Waals surface area (Å²) in [6.07, 6.45) is 6.49. The van der Waals surface area contributed by atoms with Gasteiger partial charge < -0.3 is 14.8 Å². The molecule has 0 aromatic heterocycles. The summed E-state index contributed by atoms with van der Waals surface area (Å²) < 4.78 is 11.3. The summed E-state index contributed by atoms with van der Waals surface area (Å²) in [6.45, 7) is 5.72. The van der Waals surface area contributed by atoms with Crippen LogP contribution in [0.15, 0.2) is 0 Å². The van der Waals surface area contributed by atoms with Gasteiger partial charge in [0.05, 0.1) is 5.60 Å². The number of hydrogen-bond acceptors (Lipinski definition) is 3. The number of methoxy groups -OCH3 is 1. The van der Waals surface area contributed by atoms with Crippen molar-refractivity contribution in [3.8, 4) is 0 Å². The molecule has 4 bridgehead atoms. The number of nitrogens with one attached hydrogen (secondary N) is 1. The van der Waals surface area contributed by atoms with E-state index in [1.807, 2.05) is 27.9 Å². The quantitative estimate of drug-likeness (QED) is 0.845. The van der Waals surface area contributed by atoms with Crippen LogP contribution in [0.5, 0.6) is 0 Å². The third-order valence-electron chi connectivity index (χ3n) is 5.21. The van der Waals surface area contributed by atoms with Gasteiger partial charge in [0.15, 0.2) is 0 Å². The van der Waals surface area contributed by atoms with E-state index in [9.17, 15) is 4.79 Å². The standard InChI is InChI=1S/C16H27NO3/c1-14(2,3)20-13(18)17-15-6-11-5-12(7-15)9-16(8-11,10-15)19-4/h11-12H,5-10H2,1-4H3,(H,17,18). The maximum Gasteiger partial charge on any atom is 0.408 e. The molecule has 1 amide bonds. The SMILES string of the molecule is COC12CC3CC(CC(NC(=O)OC(C)(C)C)(C3)C1)C2. The van der Waals surface area contributed by atoms with Gasteiger partial charge in [0.2, 0.25) is 0 Å². The van der Waals surface area contributed by atoms with Crippen LogP contribution in [0.2, 0.25) is 0 Å². The second-order valence-corrected chi connectivity index (χ2v) is 8.26. The lowest BCUT2D eigenvalue weighted by atomic mass is 9.51. The van der Waals surface area contributed by atoms with Crippen molar-refractivity contribution in [1.29, 1.82) is 0 Å². The van der Waals surface area contributed by atoms with Crippen molar-refractivity contribution in [1.82, 2.24) is 5.32 Å². The zero-order valence-electron chi connectivity index (χ0n) is 13.1. The maximum atomic E-state index is 12.2. The molecule has 0 radical (unpaired) electrons. The predicted molar refractivity (Wildman–Crippen MR) is 76.5 cm³/mol. The van der Waals surface area contributed by atoms with Gasteiger partial charge in [-0.25, -0.2) is 4.79 Å². The largest absolute Gasteiger partial charge is 0.444 e. The molecule has 4 saturated carbocycles. The molecule has 0 aliphatic heterocycles. The summed E-state index contributed by atoms with van der Waals surface area (Å²) in [6, 6.07) is 0. The zero-order chi connectivity index (χ0) is 14.6. The van der Waals surface area contributed by atoms with Crippen molar-refractivity contribution in [2.45, 2.75) is 76.0 Å². The molecule has 4 nitrogen and oxygen atoms in total. The van der Waals surface area contributed by atoms with Gasteiger partial charge >= 0.3 is 6.09 Å². The first-order valence-electron chi connectivity index (χ1n) is 7.80. The fourth-order valence-corrected chi connectivity index (χ4v) is 5.08. The molecule has 4 aliphatic rings. The Morgan fingerprint density at radius 2 is 1.75 bits per heavy atom. The van der Waals surface area contributed by atoms with Gasteiger partial charge in [0, 0.05) is 12.6 Å². The first-order valence-corrected chi connectivity index (χ1v) is 7.80. The van der Waals surface area contributed by atoms with Crippen molar-refractivity contribution >= 4 is 6.09 Å². The highest BCUT2D eigenvalue weighted by Crippen LogP contribution is 2.58. The number of carbonyl (C=O) groups excluding carboxylic acids is 1. The average molecular weight is 281 g/mol. The van der Waals surface area contributed by atoms with E-state index in [1.165, 1.54) is 6.42 Å². The number of amides is 1. The number of ether oxygens (including phenoxy) is 2. The van der Waals surface area contributed by atoms with E-state index in [4.69, 9.17) is 9.47 Å². The van der Waals surface area contributed by atoms with Crippen molar-refractivity contribution < 1.29 is 14.3 Å². The minimum Gasteiger partial charge on any atom is -0.444 e. The van der Waals surface area contributed by atoms with Crippen LogP contribution < -0.4 is 5.32 Å². The summed E-state index contributed by atoms with van der Waals surface area (Å²) in [7, 11) is 1.83. The Balaban J connectivity index is 1.74. The molecule has 0 aromatic carbocycles. The molecule has 2 atom stereocenters. The molecule has 4 fully saturated rings. The molecule has 114 valence electrons. The fraction of sp³-hybridized carbons (Fsp3) is 0.938.